The lowest BCUT2D eigenvalue weighted by Gasteiger charge is -2.04. The molecule has 0 fully saturated rings. The number of aromatic nitrogens is 2. The van der Waals surface area contributed by atoms with Gasteiger partial charge >= 0.3 is 0 Å². The van der Waals surface area contributed by atoms with Crippen LogP contribution in [0.5, 0.6) is 0 Å². The van der Waals surface area contributed by atoms with E-state index in [9.17, 15) is 0 Å². The molecule has 0 aliphatic rings. The van der Waals surface area contributed by atoms with Gasteiger partial charge in [0.25, 0.3) is 0 Å². The molecule has 1 heterocycles. The zero-order valence-electron chi connectivity index (χ0n) is 8.66. The molecule has 1 rings (SSSR count). The van der Waals surface area contributed by atoms with Crippen LogP contribution in [0.2, 0.25) is 0 Å². The molecule has 4 heteroatoms. The molecule has 1 aromatic rings. The van der Waals surface area contributed by atoms with Gasteiger partial charge in [-0.1, -0.05) is 26.2 Å². The zero-order chi connectivity index (χ0) is 10.2. The van der Waals surface area contributed by atoms with Crippen molar-refractivity contribution >= 4 is 11.8 Å². The van der Waals surface area contributed by atoms with Crippen molar-refractivity contribution in [2.75, 3.05) is 17.6 Å². The van der Waals surface area contributed by atoms with E-state index in [-0.39, 0.29) is 0 Å². The van der Waals surface area contributed by atoms with Gasteiger partial charge in [0.05, 0.1) is 0 Å². The maximum atomic E-state index is 5.45. The molecular weight excluding hydrogens is 176 g/mol. The highest BCUT2D eigenvalue weighted by atomic mass is 15.1. The van der Waals surface area contributed by atoms with Crippen molar-refractivity contribution in [2.24, 2.45) is 0 Å². The fourth-order valence-electron chi connectivity index (χ4n) is 1.24. The highest BCUT2D eigenvalue weighted by molar-refractivity contribution is 5.36. The first-order chi connectivity index (χ1) is 6.83. The Morgan fingerprint density at radius 1 is 1.36 bits per heavy atom. The molecule has 3 N–H and O–H groups in total. The molecule has 78 valence electrons. The molecule has 0 aliphatic heterocycles. The normalized spacial score (nSPS) is 10.1. The molecular formula is C10H18N4. The van der Waals surface area contributed by atoms with Crippen molar-refractivity contribution in [3.63, 3.8) is 0 Å². The molecule has 4 nitrogen and oxygen atoms in total. The Morgan fingerprint density at radius 3 is 2.93 bits per heavy atom. The number of hydrogen-bond donors (Lipinski definition) is 2. The summed E-state index contributed by atoms with van der Waals surface area (Å²) < 4.78 is 0. The highest BCUT2D eigenvalue weighted by Crippen LogP contribution is 2.04. The highest BCUT2D eigenvalue weighted by Gasteiger charge is 1.94. The number of anilines is 2. The van der Waals surface area contributed by atoms with Gasteiger partial charge in [0.2, 0.25) is 5.95 Å². The molecule has 0 radical (unpaired) electrons. The quantitative estimate of drug-likeness (QED) is 0.680. The van der Waals surface area contributed by atoms with Gasteiger partial charge in [-0.3, -0.25) is 0 Å². The summed E-state index contributed by atoms with van der Waals surface area (Å²) in [7, 11) is 0. The second kappa shape index (κ2) is 6.18. The molecule has 0 aromatic carbocycles. The SMILES string of the molecule is CCCCCCNc1ccnc(N)n1. The fourth-order valence-corrected chi connectivity index (χ4v) is 1.24. The smallest absolute Gasteiger partial charge is 0.221 e. The second-order valence-corrected chi connectivity index (χ2v) is 3.29. The van der Waals surface area contributed by atoms with Gasteiger partial charge < -0.3 is 11.1 Å². The topological polar surface area (TPSA) is 63.8 Å². The van der Waals surface area contributed by atoms with Crippen LogP contribution in [0.1, 0.15) is 32.6 Å². The number of nitrogens with two attached hydrogens (primary N) is 1. The van der Waals surface area contributed by atoms with Crippen molar-refractivity contribution in [3.8, 4) is 0 Å². The van der Waals surface area contributed by atoms with Crippen LogP contribution in [0.3, 0.4) is 0 Å². The van der Waals surface area contributed by atoms with E-state index in [4.69, 9.17) is 5.73 Å². The minimum Gasteiger partial charge on any atom is -0.370 e. The number of nitrogens with zero attached hydrogens (tertiary/aromatic N) is 2. The monoisotopic (exact) mass is 194 g/mol. The summed E-state index contributed by atoms with van der Waals surface area (Å²) in [5, 5.41) is 3.21. The zero-order valence-corrected chi connectivity index (χ0v) is 8.66. The van der Waals surface area contributed by atoms with Crippen LogP contribution in [-0.2, 0) is 0 Å². The lowest BCUT2D eigenvalue weighted by molar-refractivity contribution is 0.684. The van der Waals surface area contributed by atoms with Crippen molar-refractivity contribution in [2.45, 2.75) is 32.6 Å². The predicted octanol–water partition coefficient (Wildman–Crippen LogP) is 2.05. The lowest BCUT2D eigenvalue weighted by atomic mass is 10.2. The van der Waals surface area contributed by atoms with Crippen molar-refractivity contribution < 1.29 is 0 Å². The summed E-state index contributed by atoms with van der Waals surface area (Å²) in [6.07, 6.45) is 6.67. The van der Waals surface area contributed by atoms with E-state index in [1.54, 1.807) is 6.20 Å². The van der Waals surface area contributed by atoms with Gasteiger partial charge in [-0.15, -0.1) is 0 Å². The number of unbranched alkanes of at least 4 members (excludes halogenated alkanes) is 3. The summed E-state index contributed by atoms with van der Waals surface area (Å²) in [6.45, 7) is 3.16. The maximum absolute atomic E-state index is 5.45. The molecule has 0 saturated heterocycles. The van der Waals surface area contributed by atoms with Crippen LogP contribution in [-0.4, -0.2) is 16.5 Å². The Hall–Kier alpha value is -1.32. The molecule has 0 aliphatic carbocycles. The van der Waals surface area contributed by atoms with Crippen LogP contribution in [0, 0.1) is 0 Å². The fraction of sp³-hybridized carbons (Fsp3) is 0.600. The standard InChI is InChI=1S/C10H18N4/c1-2-3-4-5-7-12-9-6-8-13-10(11)14-9/h6,8H,2-5,7H2,1H3,(H3,11,12,13,14). The lowest BCUT2D eigenvalue weighted by Crippen LogP contribution is -2.05. The van der Waals surface area contributed by atoms with Crippen LogP contribution in [0.4, 0.5) is 11.8 Å². The molecule has 0 atom stereocenters. The average molecular weight is 194 g/mol. The molecule has 0 bridgehead atoms. The van der Waals surface area contributed by atoms with Crippen LogP contribution in [0.15, 0.2) is 12.3 Å². The van der Waals surface area contributed by atoms with Gasteiger partial charge in [0, 0.05) is 12.7 Å². The van der Waals surface area contributed by atoms with E-state index in [1.165, 1.54) is 25.7 Å². The number of rotatable bonds is 6. The molecule has 14 heavy (non-hydrogen) atoms. The summed E-state index contributed by atoms with van der Waals surface area (Å²) in [4.78, 5) is 7.87. The Labute approximate surface area is 85.0 Å². The van der Waals surface area contributed by atoms with Gasteiger partial charge in [0.15, 0.2) is 0 Å². The van der Waals surface area contributed by atoms with E-state index in [1.807, 2.05) is 6.07 Å². The molecule has 0 saturated carbocycles. The molecule has 0 spiro atoms. The minimum atomic E-state index is 0.323. The van der Waals surface area contributed by atoms with Crippen molar-refractivity contribution in [3.05, 3.63) is 12.3 Å². The third-order valence-electron chi connectivity index (χ3n) is 2.01. The largest absolute Gasteiger partial charge is 0.370 e. The van der Waals surface area contributed by atoms with Crippen molar-refractivity contribution in [1.82, 2.24) is 9.97 Å². The van der Waals surface area contributed by atoms with Gasteiger partial charge in [0.1, 0.15) is 5.82 Å². The van der Waals surface area contributed by atoms with Crippen LogP contribution in [0.25, 0.3) is 0 Å². The van der Waals surface area contributed by atoms with Gasteiger partial charge in [-0.05, 0) is 12.5 Å². The number of nitrogen functional groups attached to an aromatic ring is 1. The number of hydrogen-bond acceptors (Lipinski definition) is 4. The van der Waals surface area contributed by atoms with Crippen LogP contribution < -0.4 is 11.1 Å². The first kappa shape index (κ1) is 10.8. The third-order valence-corrected chi connectivity index (χ3v) is 2.01. The molecule has 0 amide bonds. The van der Waals surface area contributed by atoms with E-state index in [0.717, 1.165) is 12.4 Å². The average Bonchev–Trinajstić information content (AvgIpc) is 2.18. The molecule has 0 unspecified atom stereocenters. The van der Waals surface area contributed by atoms with E-state index in [2.05, 4.69) is 22.2 Å². The second-order valence-electron chi connectivity index (χ2n) is 3.29. The first-order valence-corrected chi connectivity index (χ1v) is 5.15. The van der Waals surface area contributed by atoms with Crippen LogP contribution >= 0.6 is 0 Å². The van der Waals surface area contributed by atoms with E-state index < -0.39 is 0 Å². The van der Waals surface area contributed by atoms with Gasteiger partial charge in [-0.25, -0.2) is 4.98 Å². The predicted molar refractivity (Wildman–Crippen MR) is 59.1 cm³/mol. The van der Waals surface area contributed by atoms with E-state index >= 15 is 0 Å². The first-order valence-electron chi connectivity index (χ1n) is 5.15. The maximum Gasteiger partial charge on any atom is 0.221 e. The molecule has 1 aromatic heterocycles. The summed E-state index contributed by atoms with van der Waals surface area (Å²) >= 11 is 0. The van der Waals surface area contributed by atoms with Crippen molar-refractivity contribution in [1.29, 1.82) is 0 Å². The summed E-state index contributed by atoms with van der Waals surface area (Å²) in [6, 6.07) is 1.83. The summed E-state index contributed by atoms with van der Waals surface area (Å²) in [5.41, 5.74) is 5.45. The Morgan fingerprint density at radius 2 is 2.21 bits per heavy atom. The minimum absolute atomic E-state index is 0.323. The third kappa shape index (κ3) is 4.07. The number of nitrogens with one attached hydrogen (secondary N) is 1. The van der Waals surface area contributed by atoms with Gasteiger partial charge in [-0.2, -0.15) is 4.98 Å². The summed E-state index contributed by atoms with van der Waals surface area (Å²) in [5.74, 6) is 1.14. The Balaban J connectivity index is 2.18. The Kier molecular flexibility index (Phi) is 4.75. The Bertz CT molecular complexity index is 262. The van der Waals surface area contributed by atoms with E-state index in [0.29, 0.717) is 5.95 Å².